The minimum Gasteiger partial charge on any atom is -0.469 e. The molecule has 1 fully saturated rings. The zero-order chi connectivity index (χ0) is 22.2. The Morgan fingerprint density at radius 1 is 0.871 bits per heavy atom. The molecule has 0 spiro atoms. The Labute approximate surface area is 179 Å². The zero-order valence-electron chi connectivity index (χ0n) is 17.0. The van der Waals surface area contributed by atoms with Crippen molar-refractivity contribution in [1.29, 1.82) is 0 Å². The van der Waals surface area contributed by atoms with Crippen molar-refractivity contribution in [1.82, 2.24) is 0 Å². The van der Waals surface area contributed by atoms with Crippen molar-refractivity contribution in [2.24, 2.45) is 0 Å². The first-order valence-electron chi connectivity index (χ1n) is 9.87. The summed E-state index contributed by atoms with van der Waals surface area (Å²) >= 11 is 0. The topological polar surface area (TPSA) is 108 Å². The molecule has 0 unspecified atom stereocenters. The maximum Gasteiger partial charge on any atom is 0.338 e. The van der Waals surface area contributed by atoms with Gasteiger partial charge in [0.2, 0.25) is 0 Å². The first-order valence-corrected chi connectivity index (χ1v) is 9.87. The highest BCUT2D eigenvalue weighted by molar-refractivity contribution is 5.90. The standard InChI is InChI=1S/C23H24O8/c1-28-21(25)13-19-17(30-22(26)15-8-4-2-5-9-15)12-18(20(14-24)29-19)31-23(27)16-10-6-3-7-11-16/h2-11,17-20,24H,12-14H2,1H3/t17-,18-,19+,20+/m1/s1. The van der Waals surface area contributed by atoms with Gasteiger partial charge in [0.05, 0.1) is 31.3 Å². The number of carbonyl (C=O) groups excluding carboxylic acids is 3. The Hall–Kier alpha value is -3.23. The van der Waals surface area contributed by atoms with Gasteiger partial charge in [-0.05, 0) is 24.3 Å². The molecule has 31 heavy (non-hydrogen) atoms. The Balaban J connectivity index is 1.77. The molecule has 0 bridgehead atoms. The molecule has 0 aliphatic carbocycles. The van der Waals surface area contributed by atoms with Crippen LogP contribution in [0, 0.1) is 0 Å². The molecule has 8 heteroatoms. The maximum absolute atomic E-state index is 12.6. The highest BCUT2D eigenvalue weighted by atomic mass is 16.6. The summed E-state index contributed by atoms with van der Waals surface area (Å²) in [6.07, 6.45) is -3.62. The molecule has 2 aromatic carbocycles. The summed E-state index contributed by atoms with van der Waals surface area (Å²) in [6.45, 7) is -0.441. The van der Waals surface area contributed by atoms with E-state index in [9.17, 15) is 19.5 Å². The van der Waals surface area contributed by atoms with Crippen molar-refractivity contribution >= 4 is 17.9 Å². The average molecular weight is 428 g/mol. The number of ether oxygens (including phenoxy) is 4. The van der Waals surface area contributed by atoms with Crippen molar-refractivity contribution < 1.29 is 38.4 Å². The molecule has 164 valence electrons. The van der Waals surface area contributed by atoms with Crippen LogP contribution in [-0.2, 0) is 23.7 Å². The Kier molecular flexibility index (Phi) is 7.75. The predicted molar refractivity (Wildman–Crippen MR) is 108 cm³/mol. The van der Waals surface area contributed by atoms with Crippen LogP contribution >= 0.6 is 0 Å². The largest absolute Gasteiger partial charge is 0.469 e. The molecular weight excluding hydrogens is 404 g/mol. The third kappa shape index (κ3) is 5.90. The van der Waals surface area contributed by atoms with E-state index < -0.39 is 48.9 Å². The number of benzene rings is 2. The summed E-state index contributed by atoms with van der Waals surface area (Å²) in [4.78, 5) is 36.9. The fraction of sp³-hybridized carbons (Fsp3) is 0.348. The number of hydrogen-bond acceptors (Lipinski definition) is 8. The van der Waals surface area contributed by atoms with Crippen LogP contribution in [0.4, 0.5) is 0 Å². The molecule has 2 aromatic rings. The van der Waals surface area contributed by atoms with Gasteiger partial charge in [0, 0.05) is 6.42 Å². The molecule has 0 amide bonds. The molecular formula is C23H24O8. The van der Waals surface area contributed by atoms with E-state index in [4.69, 9.17) is 18.9 Å². The second kappa shape index (κ2) is 10.7. The molecule has 1 heterocycles. The molecule has 8 nitrogen and oxygen atoms in total. The molecule has 1 N–H and O–H groups in total. The van der Waals surface area contributed by atoms with Crippen molar-refractivity contribution in [2.45, 2.75) is 37.3 Å². The van der Waals surface area contributed by atoms with Crippen molar-refractivity contribution in [2.75, 3.05) is 13.7 Å². The lowest BCUT2D eigenvalue weighted by Crippen LogP contribution is -2.52. The summed E-state index contributed by atoms with van der Waals surface area (Å²) in [5.74, 6) is -1.74. The smallest absolute Gasteiger partial charge is 0.338 e. The van der Waals surface area contributed by atoms with Gasteiger partial charge in [-0.3, -0.25) is 4.79 Å². The van der Waals surface area contributed by atoms with Crippen LogP contribution in [0.15, 0.2) is 60.7 Å². The maximum atomic E-state index is 12.6. The van der Waals surface area contributed by atoms with E-state index >= 15 is 0 Å². The van der Waals surface area contributed by atoms with E-state index in [0.717, 1.165) is 0 Å². The summed E-state index contributed by atoms with van der Waals surface area (Å²) in [5, 5.41) is 9.76. The number of carbonyl (C=O) groups is 3. The fourth-order valence-corrected chi connectivity index (χ4v) is 3.33. The Bertz CT molecular complexity index is 883. The second-order valence-electron chi connectivity index (χ2n) is 7.03. The van der Waals surface area contributed by atoms with Crippen LogP contribution < -0.4 is 0 Å². The quantitative estimate of drug-likeness (QED) is 0.528. The SMILES string of the molecule is COC(=O)C[C@@H]1O[C@@H](CO)[C@H](OC(=O)c2ccccc2)C[C@H]1OC(=O)c1ccccc1. The van der Waals surface area contributed by atoms with E-state index in [1.807, 2.05) is 0 Å². The van der Waals surface area contributed by atoms with Crippen molar-refractivity contribution in [3.05, 3.63) is 71.8 Å². The van der Waals surface area contributed by atoms with Gasteiger partial charge in [-0.2, -0.15) is 0 Å². The molecule has 0 saturated carbocycles. The summed E-state index contributed by atoms with van der Waals surface area (Å²) in [6, 6.07) is 16.8. The summed E-state index contributed by atoms with van der Waals surface area (Å²) in [7, 11) is 1.24. The third-order valence-corrected chi connectivity index (χ3v) is 4.95. The van der Waals surface area contributed by atoms with Gasteiger partial charge in [0.1, 0.15) is 24.4 Å². The van der Waals surface area contributed by atoms with Crippen LogP contribution in [0.1, 0.15) is 33.6 Å². The number of aliphatic hydroxyl groups excluding tert-OH is 1. The predicted octanol–water partition coefficient (Wildman–Crippen LogP) is 2.15. The van der Waals surface area contributed by atoms with Crippen LogP contribution in [0.2, 0.25) is 0 Å². The lowest BCUT2D eigenvalue weighted by Gasteiger charge is -2.39. The second-order valence-corrected chi connectivity index (χ2v) is 7.03. The lowest BCUT2D eigenvalue weighted by atomic mass is 9.96. The van der Waals surface area contributed by atoms with Crippen LogP contribution in [0.25, 0.3) is 0 Å². The Morgan fingerprint density at radius 2 is 1.35 bits per heavy atom. The molecule has 1 saturated heterocycles. The van der Waals surface area contributed by atoms with Gasteiger partial charge in [0.25, 0.3) is 0 Å². The molecule has 4 atom stereocenters. The summed E-state index contributed by atoms with van der Waals surface area (Å²) in [5.41, 5.74) is 0.676. The highest BCUT2D eigenvalue weighted by Gasteiger charge is 2.43. The normalized spacial score (nSPS) is 22.9. The third-order valence-electron chi connectivity index (χ3n) is 4.95. The van der Waals surface area contributed by atoms with E-state index in [0.29, 0.717) is 11.1 Å². The zero-order valence-corrected chi connectivity index (χ0v) is 17.0. The average Bonchev–Trinajstić information content (AvgIpc) is 2.81. The van der Waals surface area contributed by atoms with Gasteiger partial charge in [-0.1, -0.05) is 36.4 Å². The van der Waals surface area contributed by atoms with Crippen molar-refractivity contribution in [3.63, 3.8) is 0 Å². The molecule has 3 rings (SSSR count). The minimum atomic E-state index is -0.886. The van der Waals surface area contributed by atoms with Gasteiger partial charge in [-0.25, -0.2) is 9.59 Å². The summed E-state index contributed by atoms with van der Waals surface area (Å²) < 4.78 is 21.7. The number of aliphatic hydroxyl groups is 1. The molecule has 1 aliphatic rings. The van der Waals surface area contributed by atoms with Crippen molar-refractivity contribution in [3.8, 4) is 0 Å². The van der Waals surface area contributed by atoms with E-state index in [2.05, 4.69) is 0 Å². The van der Waals surface area contributed by atoms with Crippen LogP contribution in [0.3, 0.4) is 0 Å². The van der Waals surface area contributed by atoms with Gasteiger partial charge in [0.15, 0.2) is 0 Å². The number of esters is 3. The number of hydrogen-bond donors (Lipinski definition) is 1. The Morgan fingerprint density at radius 3 is 1.81 bits per heavy atom. The van der Waals surface area contributed by atoms with Crippen LogP contribution in [0.5, 0.6) is 0 Å². The fourth-order valence-electron chi connectivity index (χ4n) is 3.33. The van der Waals surface area contributed by atoms with E-state index in [-0.39, 0.29) is 12.8 Å². The van der Waals surface area contributed by atoms with E-state index in [1.165, 1.54) is 7.11 Å². The van der Waals surface area contributed by atoms with Crippen LogP contribution in [-0.4, -0.2) is 61.1 Å². The lowest BCUT2D eigenvalue weighted by molar-refractivity contribution is -0.188. The van der Waals surface area contributed by atoms with E-state index in [1.54, 1.807) is 60.7 Å². The number of methoxy groups -OCH3 is 1. The van der Waals surface area contributed by atoms with Gasteiger partial charge >= 0.3 is 17.9 Å². The first kappa shape index (κ1) is 22.5. The monoisotopic (exact) mass is 428 g/mol. The molecule has 1 aliphatic heterocycles. The molecule has 0 aromatic heterocycles. The minimum absolute atomic E-state index is 0.0596. The molecule has 0 radical (unpaired) electrons. The van der Waals surface area contributed by atoms with Gasteiger partial charge < -0.3 is 24.1 Å². The highest BCUT2D eigenvalue weighted by Crippen LogP contribution is 2.28. The number of rotatable bonds is 7. The van der Waals surface area contributed by atoms with Gasteiger partial charge in [-0.15, -0.1) is 0 Å². The first-order chi connectivity index (χ1) is 15.0.